The molecule has 2 N–H and O–H groups in total. The van der Waals surface area contributed by atoms with Crippen molar-refractivity contribution in [2.24, 2.45) is 0 Å². The van der Waals surface area contributed by atoms with Gasteiger partial charge in [0.1, 0.15) is 5.54 Å². The molecule has 1 saturated heterocycles. The Kier molecular flexibility index (Phi) is 4.46. The second-order valence-corrected chi connectivity index (χ2v) is 6.31. The number of amides is 1. The monoisotopic (exact) mass is 301 g/mol. The summed E-state index contributed by atoms with van der Waals surface area (Å²) in [6.07, 6.45) is 2.72. The highest BCUT2D eigenvalue weighted by atomic mass is 32.2. The number of carbonyl (C=O) groups excluding carboxylic acids is 1. The predicted molar refractivity (Wildman–Crippen MR) is 74.9 cm³/mol. The molecule has 0 saturated carbocycles. The summed E-state index contributed by atoms with van der Waals surface area (Å²) in [5.41, 5.74) is -1.16. The van der Waals surface area contributed by atoms with Crippen LogP contribution in [0.3, 0.4) is 0 Å². The van der Waals surface area contributed by atoms with E-state index in [-0.39, 0.29) is 5.76 Å². The Morgan fingerprint density at radius 3 is 2.63 bits per heavy atom. The van der Waals surface area contributed by atoms with Gasteiger partial charge >= 0.3 is 5.97 Å². The van der Waals surface area contributed by atoms with Gasteiger partial charge < -0.3 is 14.8 Å². The molecule has 1 aliphatic rings. The van der Waals surface area contributed by atoms with Crippen molar-refractivity contribution in [3.05, 3.63) is 17.9 Å². The maximum absolute atomic E-state index is 12.1. The molecule has 0 bridgehead atoms. The third kappa shape index (κ3) is 3.09. The van der Waals surface area contributed by atoms with E-state index >= 15 is 0 Å². The summed E-state index contributed by atoms with van der Waals surface area (Å²) >= 11 is 3.10. The molecule has 5 nitrogen and oxygen atoms in total. The van der Waals surface area contributed by atoms with Gasteiger partial charge in [0.25, 0.3) is 5.91 Å². The van der Waals surface area contributed by atoms with Gasteiger partial charge in [-0.1, -0.05) is 11.8 Å². The zero-order valence-corrected chi connectivity index (χ0v) is 12.1. The zero-order valence-electron chi connectivity index (χ0n) is 10.5. The smallest absolute Gasteiger partial charge is 0.329 e. The number of carboxylic acids is 1. The van der Waals surface area contributed by atoms with Crippen molar-refractivity contribution < 1.29 is 19.1 Å². The number of rotatable bonds is 4. The van der Waals surface area contributed by atoms with Crippen molar-refractivity contribution in [1.29, 1.82) is 0 Å². The van der Waals surface area contributed by atoms with Crippen LogP contribution in [0.5, 0.6) is 0 Å². The van der Waals surface area contributed by atoms with E-state index in [4.69, 9.17) is 4.42 Å². The van der Waals surface area contributed by atoms with E-state index in [0.717, 1.165) is 11.5 Å². The van der Waals surface area contributed by atoms with Crippen LogP contribution < -0.4 is 5.32 Å². The lowest BCUT2D eigenvalue weighted by atomic mass is 9.92. The molecule has 1 amide bonds. The first-order chi connectivity index (χ1) is 9.07. The molecule has 1 fully saturated rings. The van der Waals surface area contributed by atoms with Gasteiger partial charge in [-0.3, -0.25) is 4.79 Å². The number of hydrogen-bond donors (Lipinski definition) is 2. The maximum atomic E-state index is 12.1. The molecular weight excluding hydrogens is 286 g/mol. The Labute approximate surface area is 119 Å². The number of thioether (sulfide) groups is 2. The lowest BCUT2D eigenvalue weighted by Crippen LogP contribution is -2.56. The van der Waals surface area contributed by atoms with Crippen molar-refractivity contribution in [1.82, 2.24) is 5.32 Å². The summed E-state index contributed by atoms with van der Waals surface area (Å²) in [6, 6.07) is 3.26. The summed E-state index contributed by atoms with van der Waals surface area (Å²) in [6.45, 7) is 0. The summed E-state index contributed by atoms with van der Waals surface area (Å²) < 4.78 is 5.31. The Bertz CT molecular complexity index is 480. The number of aliphatic carboxylic acids is 1. The fourth-order valence-electron chi connectivity index (χ4n) is 1.94. The molecule has 0 radical (unpaired) electrons. The van der Waals surface area contributed by atoms with Gasteiger partial charge in [0.2, 0.25) is 0 Å². The Hall–Kier alpha value is -1.08. The van der Waals surface area contributed by atoms with E-state index in [1.165, 1.54) is 11.8 Å². The van der Waals surface area contributed by atoms with E-state index in [9.17, 15) is 14.7 Å². The minimum Gasteiger partial charge on any atom is -0.480 e. The lowest BCUT2D eigenvalue weighted by molar-refractivity contribution is -0.144. The van der Waals surface area contributed by atoms with Crippen LogP contribution in [-0.4, -0.2) is 40.3 Å². The lowest BCUT2D eigenvalue weighted by Gasteiger charge is -2.33. The zero-order chi connectivity index (χ0) is 13.9. The van der Waals surface area contributed by atoms with Crippen LogP contribution in [0.4, 0.5) is 0 Å². The Morgan fingerprint density at radius 2 is 2.11 bits per heavy atom. The molecular formula is C12H15NO4S2. The third-order valence-corrected chi connectivity index (χ3v) is 4.72. The van der Waals surface area contributed by atoms with E-state index in [0.29, 0.717) is 17.9 Å². The van der Waals surface area contributed by atoms with Crippen LogP contribution in [0.1, 0.15) is 23.4 Å². The van der Waals surface area contributed by atoms with E-state index in [2.05, 4.69) is 5.32 Å². The predicted octanol–water partition coefficient (Wildman–Crippen LogP) is 2.08. The summed E-state index contributed by atoms with van der Waals surface area (Å²) in [5, 5.41) is 12.6. The first-order valence-corrected chi connectivity index (χ1v) is 8.23. The molecule has 0 spiro atoms. The molecule has 7 heteroatoms. The molecule has 1 aromatic rings. The molecule has 0 aliphatic carbocycles. The largest absolute Gasteiger partial charge is 0.480 e. The van der Waals surface area contributed by atoms with Crippen molar-refractivity contribution >= 4 is 35.4 Å². The van der Waals surface area contributed by atoms with Gasteiger partial charge in [-0.25, -0.2) is 4.79 Å². The van der Waals surface area contributed by atoms with Gasteiger partial charge in [-0.15, -0.1) is 0 Å². The first-order valence-electron chi connectivity index (χ1n) is 5.85. The number of nitrogens with one attached hydrogen (secondary N) is 1. The highest BCUT2D eigenvalue weighted by Gasteiger charge is 2.41. The molecule has 0 aromatic carbocycles. The maximum Gasteiger partial charge on any atom is 0.329 e. The second kappa shape index (κ2) is 5.92. The van der Waals surface area contributed by atoms with Crippen LogP contribution >= 0.6 is 23.5 Å². The standard InChI is InChI=1S/C12H15NO4S2/c1-18-9-3-2-8(17-9)10(14)13-12(11(15)16)4-6-19-7-5-12/h2-3H,4-7H2,1H3,(H,13,14)(H,15,16). The molecule has 2 rings (SSSR count). The van der Waals surface area contributed by atoms with Crippen molar-refractivity contribution in [3.8, 4) is 0 Å². The van der Waals surface area contributed by atoms with Gasteiger partial charge in [0, 0.05) is 0 Å². The average molecular weight is 301 g/mol. The van der Waals surface area contributed by atoms with E-state index in [1.54, 1.807) is 23.9 Å². The molecule has 19 heavy (non-hydrogen) atoms. The number of carbonyl (C=O) groups is 2. The third-order valence-electron chi connectivity index (χ3n) is 3.11. The SMILES string of the molecule is CSc1ccc(C(=O)NC2(C(=O)O)CCSCC2)o1. The summed E-state index contributed by atoms with van der Waals surface area (Å²) in [7, 11) is 0. The fourth-order valence-corrected chi connectivity index (χ4v) is 3.51. The number of furan rings is 1. The molecule has 0 atom stereocenters. The summed E-state index contributed by atoms with van der Waals surface area (Å²) in [5.74, 6) is 0.192. The van der Waals surface area contributed by atoms with Crippen LogP contribution in [0.25, 0.3) is 0 Å². The van der Waals surface area contributed by atoms with Gasteiger partial charge in [0.05, 0.1) is 0 Å². The quantitative estimate of drug-likeness (QED) is 0.829. The molecule has 1 aromatic heterocycles. The average Bonchev–Trinajstić information content (AvgIpc) is 2.88. The van der Waals surface area contributed by atoms with Crippen LogP contribution in [0.15, 0.2) is 21.6 Å². The topological polar surface area (TPSA) is 79.5 Å². The number of carboxylic acid groups (broad SMARTS) is 1. The van der Waals surface area contributed by atoms with Crippen LogP contribution in [0.2, 0.25) is 0 Å². The van der Waals surface area contributed by atoms with Crippen LogP contribution in [0, 0.1) is 0 Å². The highest BCUT2D eigenvalue weighted by Crippen LogP contribution is 2.28. The molecule has 104 valence electrons. The van der Waals surface area contributed by atoms with Crippen molar-refractivity contribution in [2.45, 2.75) is 23.5 Å². The van der Waals surface area contributed by atoms with Crippen molar-refractivity contribution in [2.75, 3.05) is 17.8 Å². The Morgan fingerprint density at radius 1 is 1.42 bits per heavy atom. The number of hydrogen-bond acceptors (Lipinski definition) is 5. The van der Waals surface area contributed by atoms with Crippen molar-refractivity contribution in [3.63, 3.8) is 0 Å². The molecule has 2 heterocycles. The minimum atomic E-state index is -1.16. The molecule has 0 unspecified atom stereocenters. The van der Waals surface area contributed by atoms with Gasteiger partial charge in [0.15, 0.2) is 10.9 Å². The molecule has 1 aliphatic heterocycles. The normalized spacial score (nSPS) is 17.9. The first kappa shape index (κ1) is 14.3. The van der Waals surface area contributed by atoms with Crippen LogP contribution in [-0.2, 0) is 4.79 Å². The van der Waals surface area contributed by atoms with E-state index in [1.807, 2.05) is 6.26 Å². The highest BCUT2D eigenvalue weighted by molar-refractivity contribution is 7.99. The van der Waals surface area contributed by atoms with Gasteiger partial charge in [-0.05, 0) is 42.7 Å². The van der Waals surface area contributed by atoms with Gasteiger partial charge in [-0.2, -0.15) is 11.8 Å². The minimum absolute atomic E-state index is 0.156. The summed E-state index contributed by atoms with van der Waals surface area (Å²) in [4.78, 5) is 23.5. The second-order valence-electron chi connectivity index (χ2n) is 4.28. The van der Waals surface area contributed by atoms with E-state index < -0.39 is 17.4 Å². The fraction of sp³-hybridized carbons (Fsp3) is 0.500. The Balaban J connectivity index is 2.12.